The van der Waals surface area contributed by atoms with E-state index in [1.807, 2.05) is 25.1 Å². The lowest BCUT2D eigenvalue weighted by Crippen LogP contribution is -2.18. The van der Waals surface area contributed by atoms with Gasteiger partial charge in [0.15, 0.2) is 5.78 Å². The zero-order valence-corrected chi connectivity index (χ0v) is 10.4. The summed E-state index contributed by atoms with van der Waals surface area (Å²) < 4.78 is 10.7. The highest BCUT2D eigenvalue weighted by atomic mass is 16.5. The SMILES string of the molecule is COCC(C)Oc1ccc2c(c1)CCCC2=O. The summed E-state index contributed by atoms with van der Waals surface area (Å²) in [7, 11) is 1.66. The fraction of sp³-hybridized carbons (Fsp3) is 0.500. The van der Waals surface area contributed by atoms with Crippen LogP contribution in [0.25, 0.3) is 0 Å². The molecule has 0 N–H and O–H groups in total. The molecule has 3 nitrogen and oxygen atoms in total. The molecular formula is C14H18O3. The number of carbonyl (C=O) groups excluding carboxylic acids is 1. The fourth-order valence-corrected chi connectivity index (χ4v) is 2.20. The Hall–Kier alpha value is -1.35. The molecule has 0 fully saturated rings. The zero-order valence-electron chi connectivity index (χ0n) is 10.4. The molecule has 0 amide bonds. The number of methoxy groups -OCH3 is 1. The predicted molar refractivity (Wildman–Crippen MR) is 65.7 cm³/mol. The molecule has 1 atom stereocenters. The average molecular weight is 234 g/mol. The third kappa shape index (κ3) is 2.86. The fourth-order valence-electron chi connectivity index (χ4n) is 2.20. The minimum atomic E-state index is 0.0253. The first-order valence-corrected chi connectivity index (χ1v) is 6.02. The van der Waals surface area contributed by atoms with Gasteiger partial charge in [-0.3, -0.25) is 4.79 Å². The number of carbonyl (C=O) groups is 1. The summed E-state index contributed by atoms with van der Waals surface area (Å²) in [5.41, 5.74) is 1.98. The smallest absolute Gasteiger partial charge is 0.163 e. The quantitative estimate of drug-likeness (QED) is 0.803. The second-order valence-electron chi connectivity index (χ2n) is 4.48. The van der Waals surface area contributed by atoms with E-state index >= 15 is 0 Å². The van der Waals surface area contributed by atoms with Crippen LogP contribution in [-0.2, 0) is 11.2 Å². The number of ketones is 1. The Morgan fingerprint density at radius 3 is 2.94 bits per heavy atom. The van der Waals surface area contributed by atoms with E-state index in [4.69, 9.17) is 9.47 Å². The van der Waals surface area contributed by atoms with E-state index < -0.39 is 0 Å². The molecular weight excluding hydrogens is 216 g/mol. The van der Waals surface area contributed by atoms with Crippen molar-refractivity contribution in [1.82, 2.24) is 0 Å². The molecule has 1 unspecified atom stereocenters. The summed E-state index contributed by atoms with van der Waals surface area (Å²) in [5.74, 6) is 1.07. The van der Waals surface area contributed by atoms with Gasteiger partial charge in [0.05, 0.1) is 6.61 Å². The zero-order chi connectivity index (χ0) is 12.3. The van der Waals surface area contributed by atoms with Gasteiger partial charge in [-0.2, -0.15) is 0 Å². The molecule has 1 aliphatic rings. The van der Waals surface area contributed by atoms with Crippen molar-refractivity contribution in [2.24, 2.45) is 0 Å². The summed E-state index contributed by atoms with van der Waals surface area (Å²) in [5, 5.41) is 0. The second-order valence-corrected chi connectivity index (χ2v) is 4.48. The third-order valence-electron chi connectivity index (χ3n) is 2.97. The van der Waals surface area contributed by atoms with Crippen LogP contribution in [0.2, 0.25) is 0 Å². The van der Waals surface area contributed by atoms with Crippen LogP contribution in [0.3, 0.4) is 0 Å². The molecule has 1 aromatic rings. The summed E-state index contributed by atoms with van der Waals surface area (Å²) in [6, 6.07) is 5.73. The van der Waals surface area contributed by atoms with Crippen LogP contribution in [0, 0.1) is 0 Å². The van der Waals surface area contributed by atoms with Crippen molar-refractivity contribution in [2.45, 2.75) is 32.3 Å². The van der Waals surface area contributed by atoms with E-state index in [-0.39, 0.29) is 11.9 Å². The number of hydrogen-bond acceptors (Lipinski definition) is 3. The van der Waals surface area contributed by atoms with Crippen LogP contribution >= 0.6 is 0 Å². The van der Waals surface area contributed by atoms with Crippen molar-refractivity contribution in [3.8, 4) is 5.75 Å². The lowest BCUT2D eigenvalue weighted by atomic mass is 9.90. The molecule has 0 saturated carbocycles. The maximum atomic E-state index is 11.7. The van der Waals surface area contributed by atoms with E-state index in [0.29, 0.717) is 13.0 Å². The van der Waals surface area contributed by atoms with E-state index in [1.54, 1.807) is 7.11 Å². The van der Waals surface area contributed by atoms with Crippen LogP contribution in [0.15, 0.2) is 18.2 Å². The monoisotopic (exact) mass is 234 g/mol. The van der Waals surface area contributed by atoms with Crippen molar-refractivity contribution in [3.05, 3.63) is 29.3 Å². The van der Waals surface area contributed by atoms with Crippen molar-refractivity contribution in [3.63, 3.8) is 0 Å². The molecule has 0 radical (unpaired) electrons. The first-order chi connectivity index (χ1) is 8.20. The van der Waals surface area contributed by atoms with Crippen LogP contribution in [0.4, 0.5) is 0 Å². The summed E-state index contributed by atoms with van der Waals surface area (Å²) in [6.45, 7) is 2.53. The Morgan fingerprint density at radius 2 is 2.18 bits per heavy atom. The van der Waals surface area contributed by atoms with E-state index in [1.165, 1.54) is 0 Å². The second kappa shape index (κ2) is 5.32. The normalized spacial score (nSPS) is 16.5. The minimum absolute atomic E-state index is 0.0253. The van der Waals surface area contributed by atoms with Crippen molar-refractivity contribution in [1.29, 1.82) is 0 Å². The molecule has 0 spiro atoms. The summed E-state index contributed by atoms with van der Waals surface area (Å²) >= 11 is 0. The minimum Gasteiger partial charge on any atom is -0.488 e. The van der Waals surface area contributed by atoms with Gasteiger partial charge in [0.2, 0.25) is 0 Å². The first kappa shape index (κ1) is 12.1. The molecule has 0 aliphatic heterocycles. The van der Waals surface area contributed by atoms with E-state index in [2.05, 4.69) is 0 Å². The molecule has 0 saturated heterocycles. The number of rotatable bonds is 4. The number of aryl methyl sites for hydroxylation is 1. The van der Waals surface area contributed by atoms with Crippen LogP contribution < -0.4 is 4.74 Å². The largest absolute Gasteiger partial charge is 0.488 e. The topological polar surface area (TPSA) is 35.5 Å². The Balaban J connectivity index is 2.13. The van der Waals surface area contributed by atoms with Gasteiger partial charge in [-0.25, -0.2) is 0 Å². The highest BCUT2D eigenvalue weighted by Crippen LogP contribution is 2.25. The van der Waals surface area contributed by atoms with Gasteiger partial charge in [-0.05, 0) is 43.5 Å². The maximum absolute atomic E-state index is 11.7. The number of fused-ring (bicyclic) bond motifs is 1. The highest BCUT2D eigenvalue weighted by Gasteiger charge is 2.17. The van der Waals surface area contributed by atoms with Gasteiger partial charge in [0.1, 0.15) is 11.9 Å². The Morgan fingerprint density at radius 1 is 1.35 bits per heavy atom. The molecule has 0 aromatic heterocycles. The van der Waals surface area contributed by atoms with Crippen molar-refractivity contribution >= 4 is 5.78 Å². The molecule has 0 heterocycles. The predicted octanol–water partition coefficient (Wildman–Crippen LogP) is 2.62. The first-order valence-electron chi connectivity index (χ1n) is 6.02. The molecule has 0 bridgehead atoms. The van der Waals surface area contributed by atoms with Gasteiger partial charge in [0, 0.05) is 19.1 Å². The number of Topliss-reactive ketones (excluding diaryl/α,β-unsaturated/α-hetero) is 1. The number of ether oxygens (including phenoxy) is 2. The average Bonchev–Trinajstić information content (AvgIpc) is 2.29. The molecule has 1 aromatic carbocycles. The van der Waals surface area contributed by atoms with Crippen LogP contribution in [0.1, 0.15) is 35.7 Å². The van der Waals surface area contributed by atoms with Gasteiger partial charge >= 0.3 is 0 Å². The molecule has 17 heavy (non-hydrogen) atoms. The summed E-state index contributed by atoms with van der Waals surface area (Å²) in [4.78, 5) is 11.7. The number of benzene rings is 1. The molecule has 2 rings (SSSR count). The Bertz CT molecular complexity index is 412. The van der Waals surface area contributed by atoms with Gasteiger partial charge < -0.3 is 9.47 Å². The van der Waals surface area contributed by atoms with Gasteiger partial charge in [-0.15, -0.1) is 0 Å². The third-order valence-corrected chi connectivity index (χ3v) is 2.97. The van der Waals surface area contributed by atoms with Crippen molar-refractivity contribution in [2.75, 3.05) is 13.7 Å². The van der Waals surface area contributed by atoms with Crippen LogP contribution in [0.5, 0.6) is 5.75 Å². The molecule has 3 heteroatoms. The van der Waals surface area contributed by atoms with Crippen molar-refractivity contribution < 1.29 is 14.3 Å². The van der Waals surface area contributed by atoms with Gasteiger partial charge in [0.25, 0.3) is 0 Å². The highest BCUT2D eigenvalue weighted by molar-refractivity contribution is 5.98. The lowest BCUT2D eigenvalue weighted by molar-refractivity contribution is 0.0918. The Labute approximate surface area is 102 Å². The number of hydrogen-bond donors (Lipinski definition) is 0. The van der Waals surface area contributed by atoms with E-state index in [9.17, 15) is 4.79 Å². The summed E-state index contributed by atoms with van der Waals surface area (Å²) in [6.07, 6.45) is 2.62. The van der Waals surface area contributed by atoms with E-state index in [0.717, 1.165) is 29.7 Å². The van der Waals surface area contributed by atoms with Gasteiger partial charge in [-0.1, -0.05) is 0 Å². The van der Waals surface area contributed by atoms with Crippen LogP contribution in [-0.4, -0.2) is 25.6 Å². The maximum Gasteiger partial charge on any atom is 0.163 e. The Kier molecular flexibility index (Phi) is 3.79. The standard InChI is InChI=1S/C14H18O3/c1-10(9-16-2)17-12-6-7-13-11(8-12)4-3-5-14(13)15/h6-8,10H,3-5,9H2,1-2H3. The molecule has 1 aliphatic carbocycles. The lowest BCUT2D eigenvalue weighted by Gasteiger charge is -2.18. The molecule has 92 valence electrons.